The van der Waals surface area contributed by atoms with E-state index in [1.165, 1.54) is 18.6 Å². The number of hydrogen-bond acceptors (Lipinski definition) is 2. The molecule has 0 bridgehead atoms. The van der Waals surface area contributed by atoms with E-state index in [0.717, 1.165) is 23.2 Å². The standard InChI is InChI=1S/C20H21FN2O/c1-12-3-2-4-16(19(12)13-5-7-15(21)8-6-13)20(24)23-11-14-9-17(14)18(23)10-22/h2-8,14,17-18H,9-11,22H2,1H3/t14-,17-,18-/m1/s1. The molecule has 2 fully saturated rings. The van der Waals surface area contributed by atoms with Crippen molar-refractivity contribution in [3.05, 3.63) is 59.4 Å². The lowest BCUT2D eigenvalue weighted by Gasteiger charge is -2.27. The van der Waals surface area contributed by atoms with Crippen molar-refractivity contribution in [2.45, 2.75) is 19.4 Å². The number of likely N-dealkylation sites (tertiary alicyclic amines) is 1. The second-order valence-corrected chi connectivity index (χ2v) is 6.92. The number of nitrogens with two attached hydrogens (primary N) is 1. The Hall–Kier alpha value is -2.20. The molecule has 0 radical (unpaired) electrons. The number of carbonyl (C=O) groups excluding carboxylic acids is 1. The third kappa shape index (κ3) is 2.42. The molecule has 1 saturated carbocycles. The highest BCUT2D eigenvalue weighted by Gasteiger charge is 2.53. The van der Waals surface area contributed by atoms with E-state index in [0.29, 0.717) is 23.9 Å². The molecule has 2 aliphatic rings. The fraction of sp³-hybridized carbons (Fsp3) is 0.350. The molecule has 2 aromatic rings. The van der Waals surface area contributed by atoms with Crippen LogP contribution in [0.3, 0.4) is 0 Å². The van der Waals surface area contributed by atoms with Crippen LogP contribution in [0.15, 0.2) is 42.5 Å². The summed E-state index contributed by atoms with van der Waals surface area (Å²) in [6.07, 6.45) is 1.20. The first-order valence-electron chi connectivity index (χ1n) is 8.46. The molecule has 24 heavy (non-hydrogen) atoms. The minimum absolute atomic E-state index is 0.0423. The SMILES string of the molecule is Cc1cccc(C(=O)N2C[C@H]3C[C@H]3[C@H]2CN)c1-c1ccc(F)cc1. The van der Waals surface area contributed by atoms with Crippen molar-refractivity contribution >= 4 is 5.91 Å². The Labute approximate surface area is 141 Å². The Balaban J connectivity index is 1.74. The number of carbonyl (C=O) groups is 1. The van der Waals surface area contributed by atoms with Crippen LogP contribution in [0.1, 0.15) is 22.3 Å². The number of piperidine rings is 1. The van der Waals surface area contributed by atoms with Crippen molar-refractivity contribution < 1.29 is 9.18 Å². The minimum atomic E-state index is -0.275. The van der Waals surface area contributed by atoms with Gasteiger partial charge in [-0.25, -0.2) is 4.39 Å². The lowest BCUT2D eigenvalue weighted by atomic mass is 9.94. The summed E-state index contributed by atoms with van der Waals surface area (Å²) in [4.78, 5) is 15.1. The van der Waals surface area contributed by atoms with Gasteiger partial charge in [-0.1, -0.05) is 24.3 Å². The van der Waals surface area contributed by atoms with Crippen molar-refractivity contribution in [1.29, 1.82) is 0 Å². The summed E-state index contributed by atoms with van der Waals surface area (Å²) >= 11 is 0. The van der Waals surface area contributed by atoms with Crippen LogP contribution in [0.25, 0.3) is 11.1 Å². The van der Waals surface area contributed by atoms with E-state index in [4.69, 9.17) is 5.73 Å². The van der Waals surface area contributed by atoms with Crippen LogP contribution in [0.5, 0.6) is 0 Å². The molecule has 4 rings (SSSR count). The first kappa shape index (κ1) is 15.3. The lowest BCUT2D eigenvalue weighted by molar-refractivity contribution is 0.0713. The van der Waals surface area contributed by atoms with Crippen LogP contribution in [-0.2, 0) is 0 Å². The maximum Gasteiger partial charge on any atom is 0.254 e. The number of rotatable bonds is 3. The molecule has 1 aliphatic heterocycles. The average Bonchev–Trinajstić information content (AvgIpc) is 3.26. The zero-order chi connectivity index (χ0) is 16.8. The Kier molecular flexibility index (Phi) is 3.65. The van der Waals surface area contributed by atoms with Crippen LogP contribution in [0, 0.1) is 24.6 Å². The molecule has 2 N–H and O–H groups in total. The average molecular weight is 324 g/mol. The number of fused-ring (bicyclic) bond motifs is 1. The van der Waals surface area contributed by atoms with Gasteiger partial charge >= 0.3 is 0 Å². The molecule has 0 unspecified atom stereocenters. The molecule has 1 aliphatic carbocycles. The highest BCUT2D eigenvalue weighted by atomic mass is 19.1. The van der Waals surface area contributed by atoms with E-state index in [2.05, 4.69) is 0 Å². The third-order valence-electron chi connectivity index (χ3n) is 5.44. The second-order valence-electron chi connectivity index (χ2n) is 6.92. The summed E-state index contributed by atoms with van der Waals surface area (Å²) in [6.45, 7) is 3.31. The van der Waals surface area contributed by atoms with Crippen LogP contribution < -0.4 is 5.73 Å². The minimum Gasteiger partial charge on any atom is -0.334 e. The summed E-state index contributed by atoms with van der Waals surface area (Å²) in [5, 5.41) is 0. The van der Waals surface area contributed by atoms with E-state index in [1.54, 1.807) is 12.1 Å². The predicted octanol–water partition coefficient (Wildman–Crippen LogP) is 3.22. The fourth-order valence-corrected chi connectivity index (χ4v) is 4.11. The lowest BCUT2D eigenvalue weighted by Crippen LogP contribution is -2.43. The number of aryl methyl sites for hydroxylation is 1. The van der Waals surface area contributed by atoms with Crippen LogP contribution >= 0.6 is 0 Å². The molecule has 0 aromatic heterocycles. The van der Waals surface area contributed by atoms with Gasteiger partial charge in [0, 0.05) is 24.7 Å². The largest absolute Gasteiger partial charge is 0.334 e. The highest BCUT2D eigenvalue weighted by molar-refractivity contribution is 6.02. The topological polar surface area (TPSA) is 46.3 Å². The zero-order valence-corrected chi connectivity index (χ0v) is 13.7. The van der Waals surface area contributed by atoms with Gasteiger partial charge in [-0.05, 0) is 60.1 Å². The van der Waals surface area contributed by atoms with Crippen molar-refractivity contribution in [1.82, 2.24) is 4.90 Å². The van der Waals surface area contributed by atoms with Gasteiger partial charge in [-0.15, -0.1) is 0 Å². The summed E-state index contributed by atoms with van der Waals surface area (Å²) < 4.78 is 13.3. The van der Waals surface area contributed by atoms with E-state index in [9.17, 15) is 9.18 Å². The molecule has 2 aromatic carbocycles. The molecule has 3 atom stereocenters. The molecular weight excluding hydrogens is 303 g/mol. The van der Waals surface area contributed by atoms with Gasteiger partial charge in [-0.2, -0.15) is 0 Å². The normalized spacial score (nSPS) is 24.8. The molecular formula is C20H21FN2O. The molecule has 1 amide bonds. The fourth-order valence-electron chi connectivity index (χ4n) is 4.11. The molecule has 124 valence electrons. The summed E-state index contributed by atoms with van der Waals surface area (Å²) in [5.41, 5.74) is 9.37. The number of benzene rings is 2. The van der Waals surface area contributed by atoms with Crippen molar-refractivity contribution in [3.63, 3.8) is 0 Å². The number of hydrogen-bond donors (Lipinski definition) is 1. The molecule has 4 heteroatoms. The van der Waals surface area contributed by atoms with E-state index in [1.807, 2.05) is 30.0 Å². The van der Waals surface area contributed by atoms with Gasteiger partial charge in [0.2, 0.25) is 0 Å². The van der Waals surface area contributed by atoms with Gasteiger partial charge in [-0.3, -0.25) is 4.79 Å². The Morgan fingerprint density at radius 3 is 2.71 bits per heavy atom. The second kappa shape index (κ2) is 5.71. The Bertz CT molecular complexity index is 787. The monoisotopic (exact) mass is 324 g/mol. The predicted molar refractivity (Wildman–Crippen MR) is 92.0 cm³/mol. The van der Waals surface area contributed by atoms with Crippen LogP contribution in [0.2, 0.25) is 0 Å². The Morgan fingerprint density at radius 2 is 2.00 bits per heavy atom. The number of nitrogens with zero attached hydrogens (tertiary/aromatic N) is 1. The molecule has 0 spiro atoms. The highest BCUT2D eigenvalue weighted by Crippen LogP contribution is 2.49. The van der Waals surface area contributed by atoms with E-state index in [-0.39, 0.29) is 17.8 Å². The quantitative estimate of drug-likeness (QED) is 0.942. The third-order valence-corrected chi connectivity index (χ3v) is 5.44. The van der Waals surface area contributed by atoms with Gasteiger partial charge in [0.1, 0.15) is 5.82 Å². The summed E-state index contributed by atoms with van der Waals surface area (Å²) in [6, 6.07) is 12.2. The van der Waals surface area contributed by atoms with Gasteiger partial charge in [0.25, 0.3) is 5.91 Å². The molecule has 3 nitrogen and oxygen atoms in total. The van der Waals surface area contributed by atoms with E-state index < -0.39 is 0 Å². The van der Waals surface area contributed by atoms with Crippen LogP contribution in [-0.4, -0.2) is 29.9 Å². The van der Waals surface area contributed by atoms with E-state index >= 15 is 0 Å². The van der Waals surface area contributed by atoms with Crippen LogP contribution in [0.4, 0.5) is 4.39 Å². The Morgan fingerprint density at radius 1 is 1.25 bits per heavy atom. The summed E-state index contributed by atoms with van der Waals surface area (Å²) in [7, 11) is 0. The van der Waals surface area contributed by atoms with Gasteiger partial charge in [0.05, 0.1) is 0 Å². The van der Waals surface area contributed by atoms with Crippen molar-refractivity contribution in [3.8, 4) is 11.1 Å². The first-order valence-corrected chi connectivity index (χ1v) is 8.46. The maximum absolute atomic E-state index is 13.3. The molecule has 1 heterocycles. The summed E-state index contributed by atoms with van der Waals surface area (Å²) in [5.74, 6) is 0.975. The first-order chi connectivity index (χ1) is 11.6. The smallest absolute Gasteiger partial charge is 0.254 e. The van der Waals surface area contributed by atoms with Crippen molar-refractivity contribution in [2.24, 2.45) is 17.6 Å². The molecule has 1 saturated heterocycles. The van der Waals surface area contributed by atoms with Crippen molar-refractivity contribution in [2.75, 3.05) is 13.1 Å². The number of halogens is 1. The maximum atomic E-state index is 13.3. The zero-order valence-electron chi connectivity index (χ0n) is 13.7. The van der Waals surface area contributed by atoms with Gasteiger partial charge in [0.15, 0.2) is 0 Å². The number of amides is 1. The van der Waals surface area contributed by atoms with Gasteiger partial charge < -0.3 is 10.6 Å².